The highest BCUT2D eigenvalue weighted by Crippen LogP contribution is 2.31. The van der Waals surface area contributed by atoms with Crippen molar-refractivity contribution in [3.05, 3.63) is 46.4 Å². The first-order valence-electron chi connectivity index (χ1n) is 7.48. The van der Waals surface area contributed by atoms with Crippen molar-refractivity contribution in [1.29, 1.82) is 0 Å². The van der Waals surface area contributed by atoms with Crippen LogP contribution in [-0.2, 0) is 6.42 Å². The molecule has 0 radical (unpaired) electrons. The summed E-state index contributed by atoms with van der Waals surface area (Å²) in [5.41, 5.74) is 3.88. The average Bonchev–Trinajstić information content (AvgIpc) is 2.83. The lowest BCUT2D eigenvalue weighted by Gasteiger charge is -2.02. The molecule has 0 saturated heterocycles. The van der Waals surface area contributed by atoms with Crippen molar-refractivity contribution in [2.45, 2.75) is 39.0 Å². The summed E-state index contributed by atoms with van der Waals surface area (Å²) in [5, 5.41) is 2.65. The van der Waals surface area contributed by atoms with Gasteiger partial charge in [0.1, 0.15) is 0 Å². The Morgan fingerprint density at radius 1 is 1.00 bits per heavy atom. The number of unbranched alkanes of at least 4 members (excludes halogenated alkanes) is 3. The van der Waals surface area contributed by atoms with Crippen molar-refractivity contribution in [2.75, 3.05) is 0 Å². The highest BCUT2D eigenvalue weighted by atomic mass is 79.9. The normalized spacial score (nSPS) is 11.5. The van der Waals surface area contributed by atoms with E-state index in [1.807, 2.05) is 0 Å². The van der Waals surface area contributed by atoms with Crippen LogP contribution in [0.4, 0.5) is 0 Å². The number of aryl methyl sites for hydroxylation is 1. The van der Waals surface area contributed by atoms with Gasteiger partial charge in [0.05, 0.1) is 5.52 Å². The zero-order chi connectivity index (χ0) is 13.9. The van der Waals surface area contributed by atoms with Gasteiger partial charge in [0.25, 0.3) is 0 Å². The third kappa shape index (κ3) is 2.62. The van der Waals surface area contributed by atoms with Crippen molar-refractivity contribution in [3.63, 3.8) is 0 Å². The summed E-state index contributed by atoms with van der Waals surface area (Å²) in [4.78, 5) is 3.50. The van der Waals surface area contributed by atoms with Crippen LogP contribution < -0.4 is 0 Å². The first kappa shape index (κ1) is 13.7. The lowest BCUT2D eigenvalue weighted by molar-refractivity contribution is 0.667. The van der Waals surface area contributed by atoms with Gasteiger partial charge >= 0.3 is 0 Å². The lowest BCUT2D eigenvalue weighted by Crippen LogP contribution is -1.85. The van der Waals surface area contributed by atoms with E-state index in [1.54, 1.807) is 0 Å². The van der Waals surface area contributed by atoms with Crippen LogP contribution in [0.1, 0.15) is 38.2 Å². The fraction of sp³-hybridized carbons (Fsp3) is 0.333. The van der Waals surface area contributed by atoms with Crippen molar-refractivity contribution in [3.8, 4) is 0 Å². The Balaban J connectivity index is 1.93. The highest BCUT2D eigenvalue weighted by Gasteiger charge is 2.07. The Morgan fingerprint density at radius 2 is 1.90 bits per heavy atom. The number of halogens is 1. The molecule has 3 rings (SSSR count). The van der Waals surface area contributed by atoms with Crippen molar-refractivity contribution in [2.24, 2.45) is 0 Å². The Kier molecular flexibility index (Phi) is 4.11. The van der Waals surface area contributed by atoms with Crippen LogP contribution in [0, 0.1) is 0 Å². The fourth-order valence-electron chi connectivity index (χ4n) is 2.84. The molecule has 20 heavy (non-hydrogen) atoms. The number of aromatic nitrogens is 1. The Hall–Kier alpha value is -1.28. The van der Waals surface area contributed by atoms with Crippen LogP contribution in [0.2, 0.25) is 0 Å². The van der Waals surface area contributed by atoms with E-state index in [0.29, 0.717) is 0 Å². The zero-order valence-corrected chi connectivity index (χ0v) is 13.5. The predicted octanol–water partition coefficient (Wildman–Crippen LogP) is 6.21. The van der Waals surface area contributed by atoms with E-state index < -0.39 is 0 Å². The number of hydrogen-bond acceptors (Lipinski definition) is 0. The van der Waals surface area contributed by atoms with E-state index in [4.69, 9.17) is 0 Å². The molecule has 0 fully saturated rings. The van der Waals surface area contributed by atoms with Gasteiger partial charge in [-0.2, -0.15) is 0 Å². The topological polar surface area (TPSA) is 15.8 Å². The second-order valence-electron chi connectivity index (χ2n) is 5.48. The molecule has 0 spiro atoms. The van der Waals surface area contributed by atoms with Gasteiger partial charge in [0.15, 0.2) is 0 Å². The lowest BCUT2D eigenvalue weighted by atomic mass is 10.0. The smallest absolute Gasteiger partial charge is 0.0609 e. The summed E-state index contributed by atoms with van der Waals surface area (Å²) in [6.45, 7) is 2.26. The number of fused-ring (bicyclic) bond motifs is 3. The molecule has 0 aliphatic heterocycles. The SMILES string of the molecule is CCCCCCc1ccc2[nH]c3c(Br)cccc3c2c1. The van der Waals surface area contributed by atoms with Gasteiger partial charge in [-0.15, -0.1) is 0 Å². The molecule has 2 aromatic carbocycles. The molecule has 0 atom stereocenters. The van der Waals surface area contributed by atoms with Crippen LogP contribution in [0.15, 0.2) is 40.9 Å². The quantitative estimate of drug-likeness (QED) is 0.536. The predicted molar refractivity (Wildman–Crippen MR) is 91.4 cm³/mol. The van der Waals surface area contributed by atoms with Crippen LogP contribution in [0.5, 0.6) is 0 Å². The monoisotopic (exact) mass is 329 g/mol. The van der Waals surface area contributed by atoms with E-state index in [1.165, 1.54) is 59.5 Å². The summed E-state index contributed by atoms with van der Waals surface area (Å²) < 4.78 is 1.13. The number of aromatic amines is 1. The van der Waals surface area contributed by atoms with Crippen LogP contribution in [-0.4, -0.2) is 4.98 Å². The number of rotatable bonds is 5. The summed E-state index contributed by atoms with van der Waals surface area (Å²) in [5.74, 6) is 0. The molecule has 0 amide bonds. The molecule has 1 N–H and O–H groups in total. The maximum absolute atomic E-state index is 3.62. The molecular weight excluding hydrogens is 310 g/mol. The average molecular weight is 330 g/mol. The van der Waals surface area contributed by atoms with Crippen LogP contribution >= 0.6 is 15.9 Å². The minimum Gasteiger partial charge on any atom is -0.354 e. The summed E-state index contributed by atoms with van der Waals surface area (Å²) >= 11 is 3.62. The van der Waals surface area contributed by atoms with Gasteiger partial charge in [-0.3, -0.25) is 0 Å². The molecular formula is C18H20BrN. The molecule has 0 bridgehead atoms. The standard InChI is InChI=1S/C18H20BrN/c1-2-3-4-5-7-13-10-11-17-15(12-13)14-8-6-9-16(19)18(14)20-17/h6,8-12,20H,2-5,7H2,1H3. The molecule has 104 valence electrons. The van der Waals surface area contributed by atoms with Gasteiger partial charge in [-0.1, -0.05) is 44.4 Å². The largest absolute Gasteiger partial charge is 0.354 e. The Bertz CT molecular complexity index is 727. The van der Waals surface area contributed by atoms with Crippen LogP contribution in [0.25, 0.3) is 21.8 Å². The van der Waals surface area contributed by atoms with E-state index in [0.717, 1.165) is 4.47 Å². The maximum atomic E-state index is 3.62. The molecule has 3 aromatic rings. The maximum Gasteiger partial charge on any atom is 0.0609 e. The van der Waals surface area contributed by atoms with E-state index in [-0.39, 0.29) is 0 Å². The molecule has 2 heteroatoms. The van der Waals surface area contributed by atoms with Crippen molar-refractivity contribution < 1.29 is 0 Å². The van der Waals surface area contributed by atoms with Gasteiger partial charge in [-0.25, -0.2) is 0 Å². The number of benzene rings is 2. The number of H-pyrrole nitrogens is 1. The molecule has 1 heterocycles. The van der Waals surface area contributed by atoms with Crippen LogP contribution in [0.3, 0.4) is 0 Å². The Labute approximate surface area is 128 Å². The molecule has 0 unspecified atom stereocenters. The zero-order valence-electron chi connectivity index (χ0n) is 11.9. The minimum absolute atomic E-state index is 1.13. The number of hydrogen-bond donors (Lipinski definition) is 1. The molecule has 0 saturated carbocycles. The van der Waals surface area contributed by atoms with Crippen molar-refractivity contribution in [1.82, 2.24) is 4.98 Å². The summed E-state index contributed by atoms with van der Waals surface area (Å²) in [7, 11) is 0. The first-order chi connectivity index (χ1) is 9.79. The highest BCUT2D eigenvalue weighted by molar-refractivity contribution is 9.10. The third-order valence-electron chi connectivity index (χ3n) is 3.97. The fourth-order valence-corrected chi connectivity index (χ4v) is 3.31. The summed E-state index contributed by atoms with van der Waals surface area (Å²) in [6, 6.07) is 13.2. The van der Waals surface area contributed by atoms with Gasteiger partial charge in [-0.05, 0) is 52.5 Å². The first-order valence-corrected chi connectivity index (χ1v) is 8.27. The van der Waals surface area contributed by atoms with E-state index >= 15 is 0 Å². The number of para-hydroxylation sites is 1. The van der Waals surface area contributed by atoms with Gasteiger partial charge < -0.3 is 4.98 Å². The molecule has 1 nitrogen and oxygen atoms in total. The van der Waals surface area contributed by atoms with Gasteiger partial charge in [0, 0.05) is 20.8 Å². The second kappa shape index (κ2) is 6.01. The molecule has 0 aliphatic carbocycles. The number of nitrogens with one attached hydrogen (secondary N) is 1. The van der Waals surface area contributed by atoms with E-state index in [2.05, 4.69) is 64.2 Å². The Morgan fingerprint density at radius 3 is 2.75 bits per heavy atom. The summed E-state index contributed by atoms with van der Waals surface area (Å²) in [6.07, 6.45) is 6.48. The van der Waals surface area contributed by atoms with E-state index in [9.17, 15) is 0 Å². The molecule has 0 aliphatic rings. The van der Waals surface area contributed by atoms with Crippen molar-refractivity contribution >= 4 is 37.7 Å². The van der Waals surface area contributed by atoms with Gasteiger partial charge in [0.2, 0.25) is 0 Å². The second-order valence-corrected chi connectivity index (χ2v) is 6.33. The third-order valence-corrected chi connectivity index (χ3v) is 4.63. The molecule has 1 aromatic heterocycles. The minimum atomic E-state index is 1.13.